The lowest BCUT2D eigenvalue weighted by molar-refractivity contribution is 0.293. The van der Waals surface area contributed by atoms with E-state index in [0.717, 1.165) is 12.0 Å². The molecule has 0 aromatic rings. The van der Waals surface area contributed by atoms with Crippen molar-refractivity contribution in [2.24, 2.45) is 16.7 Å². The summed E-state index contributed by atoms with van der Waals surface area (Å²) in [6.07, 6.45) is 1.40. The van der Waals surface area contributed by atoms with Crippen molar-refractivity contribution in [3.8, 4) is 0 Å². The van der Waals surface area contributed by atoms with Crippen molar-refractivity contribution >= 4 is 0 Å². The normalized spacial score (nSPS) is 39.8. The van der Waals surface area contributed by atoms with E-state index in [1.807, 2.05) is 0 Å². The average Bonchev–Trinajstić information content (AvgIpc) is 2.07. The Morgan fingerprint density at radius 2 is 1.55 bits per heavy atom. The largest absolute Gasteiger partial charge is 0.314 e. The third kappa shape index (κ3) is 0.752. The molecule has 64 valence electrons. The van der Waals surface area contributed by atoms with Crippen molar-refractivity contribution in [1.82, 2.24) is 5.32 Å². The molecule has 1 heterocycles. The second kappa shape index (κ2) is 1.82. The van der Waals surface area contributed by atoms with Crippen LogP contribution in [0.5, 0.6) is 0 Å². The molecular weight excluding hydrogens is 134 g/mol. The zero-order chi connectivity index (χ0) is 8.28. The van der Waals surface area contributed by atoms with Gasteiger partial charge in [-0.15, -0.1) is 0 Å². The van der Waals surface area contributed by atoms with Gasteiger partial charge in [-0.25, -0.2) is 0 Å². The fourth-order valence-corrected chi connectivity index (χ4v) is 2.85. The first-order valence-electron chi connectivity index (χ1n) is 4.71. The van der Waals surface area contributed by atoms with Gasteiger partial charge in [0.15, 0.2) is 0 Å². The molecule has 11 heavy (non-hydrogen) atoms. The highest BCUT2D eigenvalue weighted by atomic mass is 15.0. The third-order valence-electron chi connectivity index (χ3n) is 4.40. The van der Waals surface area contributed by atoms with Crippen molar-refractivity contribution in [1.29, 1.82) is 0 Å². The maximum atomic E-state index is 3.52. The van der Waals surface area contributed by atoms with E-state index in [1.54, 1.807) is 0 Å². The van der Waals surface area contributed by atoms with Gasteiger partial charge in [0.05, 0.1) is 0 Å². The first kappa shape index (κ1) is 7.60. The number of hydrogen-bond acceptors (Lipinski definition) is 1. The highest BCUT2D eigenvalue weighted by molar-refractivity contribution is 5.17. The van der Waals surface area contributed by atoms with E-state index in [1.165, 1.54) is 13.0 Å². The Morgan fingerprint density at radius 1 is 1.09 bits per heavy atom. The molecule has 1 N–H and O–H groups in total. The molecule has 0 spiro atoms. The van der Waals surface area contributed by atoms with Crippen molar-refractivity contribution in [3.05, 3.63) is 0 Å². The van der Waals surface area contributed by atoms with Crippen LogP contribution >= 0.6 is 0 Å². The molecule has 1 heteroatoms. The van der Waals surface area contributed by atoms with Crippen molar-refractivity contribution < 1.29 is 0 Å². The summed E-state index contributed by atoms with van der Waals surface area (Å²) in [5.74, 6) is 0.920. The van der Waals surface area contributed by atoms with Crippen LogP contribution in [0, 0.1) is 16.7 Å². The first-order chi connectivity index (χ1) is 4.98. The minimum Gasteiger partial charge on any atom is -0.314 e. The second-order valence-corrected chi connectivity index (χ2v) is 5.27. The van der Waals surface area contributed by atoms with E-state index in [-0.39, 0.29) is 0 Å². The van der Waals surface area contributed by atoms with E-state index < -0.39 is 0 Å². The van der Waals surface area contributed by atoms with Crippen LogP contribution in [0.2, 0.25) is 0 Å². The number of hydrogen-bond donors (Lipinski definition) is 1. The molecule has 1 unspecified atom stereocenters. The Morgan fingerprint density at radius 3 is 1.64 bits per heavy atom. The van der Waals surface area contributed by atoms with Crippen molar-refractivity contribution in [2.45, 2.75) is 40.2 Å². The molecule has 1 saturated heterocycles. The molecule has 0 aromatic heterocycles. The molecule has 0 bridgehead atoms. The summed E-state index contributed by atoms with van der Waals surface area (Å²) in [6.45, 7) is 10.8. The topological polar surface area (TPSA) is 12.0 Å². The van der Waals surface area contributed by atoms with Gasteiger partial charge in [0.2, 0.25) is 0 Å². The van der Waals surface area contributed by atoms with Crippen LogP contribution in [0.1, 0.15) is 34.1 Å². The predicted octanol–water partition coefficient (Wildman–Crippen LogP) is 2.03. The van der Waals surface area contributed by atoms with Gasteiger partial charge in [-0.3, -0.25) is 0 Å². The Balaban J connectivity index is 2.08. The summed E-state index contributed by atoms with van der Waals surface area (Å²) < 4.78 is 0. The van der Waals surface area contributed by atoms with Crippen LogP contribution in [0.3, 0.4) is 0 Å². The van der Waals surface area contributed by atoms with Gasteiger partial charge in [0.1, 0.15) is 0 Å². The van der Waals surface area contributed by atoms with Gasteiger partial charge in [-0.05, 0) is 29.7 Å². The van der Waals surface area contributed by atoms with E-state index in [9.17, 15) is 0 Å². The van der Waals surface area contributed by atoms with Gasteiger partial charge in [-0.1, -0.05) is 27.7 Å². The standard InChI is InChI=1S/C10H19N/c1-9(2)8(10(9,3)4)7-5-6-11-7/h7-8,11H,5-6H2,1-4H3. The lowest BCUT2D eigenvalue weighted by Crippen LogP contribution is -2.45. The van der Waals surface area contributed by atoms with E-state index in [0.29, 0.717) is 10.8 Å². The fourth-order valence-electron chi connectivity index (χ4n) is 2.85. The predicted molar refractivity (Wildman–Crippen MR) is 47.5 cm³/mol. The van der Waals surface area contributed by atoms with E-state index >= 15 is 0 Å². The molecule has 0 aromatic carbocycles. The van der Waals surface area contributed by atoms with Crippen LogP contribution in [-0.2, 0) is 0 Å². The minimum absolute atomic E-state index is 0.574. The lowest BCUT2D eigenvalue weighted by atomic mass is 9.96. The molecule has 2 fully saturated rings. The van der Waals surface area contributed by atoms with Crippen molar-refractivity contribution in [3.63, 3.8) is 0 Å². The average molecular weight is 153 g/mol. The van der Waals surface area contributed by atoms with Gasteiger partial charge in [0, 0.05) is 6.04 Å². The zero-order valence-corrected chi connectivity index (χ0v) is 8.07. The van der Waals surface area contributed by atoms with Crippen LogP contribution in [-0.4, -0.2) is 12.6 Å². The van der Waals surface area contributed by atoms with Crippen LogP contribution < -0.4 is 5.32 Å². The Kier molecular flexibility index (Phi) is 1.26. The first-order valence-corrected chi connectivity index (χ1v) is 4.71. The monoisotopic (exact) mass is 153 g/mol. The molecule has 1 saturated carbocycles. The van der Waals surface area contributed by atoms with Crippen molar-refractivity contribution in [2.75, 3.05) is 6.54 Å². The van der Waals surface area contributed by atoms with Crippen LogP contribution in [0.4, 0.5) is 0 Å². The summed E-state index contributed by atoms with van der Waals surface area (Å²) in [5.41, 5.74) is 1.15. The Hall–Kier alpha value is -0.0400. The molecular formula is C10H19N. The Labute approximate surface area is 69.6 Å². The summed E-state index contributed by atoms with van der Waals surface area (Å²) in [7, 11) is 0. The van der Waals surface area contributed by atoms with E-state index in [2.05, 4.69) is 33.0 Å². The molecule has 1 aliphatic carbocycles. The highest BCUT2D eigenvalue weighted by Crippen LogP contribution is 2.70. The van der Waals surface area contributed by atoms with E-state index in [4.69, 9.17) is 0 Å². The molecule has 1 aliphatic heterocycles. The smallest absolute Gasteiger partial charge is 0.0118 e. The molecule has 2 rings (SSSR count). The zero-order valence-electron chi connectivity index (χ0n) is 8.07. The molecule has 1 nitrogen and oxygen atoms in total. The number of nitrogens with one attached hydrogen (secondary N) is 1. The maximum absolute atomic E-state index is 3.52. The number of rotatable bonds is 1. The molecule has 2 aliphatic rings. The lowest BCUT2D eigenvalue weighted by Gasteiger charge is -2.29. The summed E-state index contributed by atoms with van der Waals surface area (Å²) in [6, 6.07) is 0.833. The van der Waals surface area contributed by atoms with Gasteiger partial charge >= 0.3 is 0 Å². The highest BCUT2D eigenvalue weighted by Gasteiger charge is 2.67. The van der Waals surface area contributed by atoms with Gasteiger partial charge in [0.25, 0.3) is 0 Å². The maximum Gasteiger partial charge on any atom is 0.0118 e. The minimum atomic E-state index is 0.574. The second-order valence-electron chi connectivity index (χ2n) is 5.27. The molecule has 0 radical (unpaired) electrons. The molecule has 0 amide bonds. The quantitative estimate of drug-likeness (QED) is 0.608. The SMILES string of the molecule is CC1(C)C(C2CCN2)C1(C)C. The van der Waals surface area contributed by atoms with Gasteiger partial charge in [-0.2, -0.15) is 0 Å². The summed E-state index contributed by atoms with van der Waals surface area (Å²) in [5, 5.41) is 3.52. The van der Waals surface area contributed by atoms with Crippen LogP contribution in [0.15, 0.2) is 0 Å². The Bertz CT molecular complexity index is 163. The van der Waals surface area contributed by atoms with Crippen LogP contribution in [0.25, 0.3) is 0 Å². The summed E-state index contributed by atoms with van der Waals surface area (Å²) in [4.78, 5) is 0. The fraction of sp³-hybridized carbons (Fsp3) is 1.00. The van der Waals surface area contributed by atoms with Gasteiger partial charge < -0.3 is 5.32 Å². The molecule has 1 atom stereocenters. The third-order valence-corrected chi connectivity index (χ3v) is 4.40. The summed E-state index contributed by atoms with van der Waals surface area (Å²) >= 11 is 0.